The molecule has 0 spiro atoms. The number of carbonyl (C=O) groups excluding carboxylic acids is 1. The van der Waals surface area contributed by atoms with E-state index in [-0.39, 0.29) is 17.5 Å². The van der Waals surface area contributed by atoms with Gasteiger partial charge in [-0.05, 0) is 19.9 Å². The average Bonchev–Trinajstić information content (AvgIpc) is 2.25. The average molecular weight is 222 g/mol. The number of amides is 1. The fraction of sp³-hybridized carbons (Fsp3) is 0.333. The number of nitrogens with zero attached hydrogens (tertiary/aromatic N) is 2. The predicted octanol–water partition coefficient (Wildman–Crippen LogP) is 2.26. The summed E-state index contributed by atoms with van der Waals surface area (Å²) in [6.07, 6.45) is 4.07. The monoisotopic (exact) mass is 222 g/mol. The van der Waals surface area contributed by atoms with E-state index in [9.17, 15) is 9.18 Å². The molecule has 3 nitrogen and oxygen atoms in total. The number of pyridine rings is 1. The van der Waals surface area contributed by atoms with Crippen molar-refractivity contribution in [3.63, 3.8) is 0 Å². The maximum atomic E-state index is 13.4. The molecule has 0 saturated carbocycles. The van der Waals surface area contributed by atoms with Crippen LogP contribution in [0.15, 0.2) is 31.1 Å². The molecule has 0 aliphatic carbocycles. The third kappa shape index (κ3) is 2.66. The van der Waals surface area contributed by atoms with Crippen LogP contribution in [0.4, 0.5) is 4.39 Å². The molecule has 1 amide bonds. The van der Waals surface area contributed by atoms with E-state index in [4.69, 9.17) is 0 Å². The summed E-state index contributed by atoms with van der Waals surface area (Å²) in [7, 11) is 0. The Labute approximate surface area is 94.6 Å². The third-order valence-electron chi connectivity index (χ3n) is 2.21. The Morgan fingerprint density at radius 1 is 1.69 bits per heavy atom. The fourth-order valence-electron chi connectivity index (χ4n) is 1.37. The molecule has 0 atom stereocenters. The minimum absolute atomic E-state index is 0.00179. The molecule has 86 valence electrons. The van der Waals surface area contributed by atoms with Crippen LogP contribution >= 0.6 is 0 Å². The minimum atomic E-state index is -0.595. The van der Waals surface area contributed by atoms with Gasteiger partial charge in [0.1, 0.15) is 0 Å². The second-order valence-electron chi connectivity index (χ2n) is 3.70. The summed E-state index contributed by atoms with van der Waals surface area (Å²) in [5.74, 6) is -0.933. The molecule has 1 rings (SSSR count). The van der Waals surface area contributed by atoms with Gasteiger partial charge in [0.15, 0.2) is 5.82 Å². The number of halogens is 1. The fourth-order valence-corrected chi connectivity index (χ4v) is 1.37. The highest BCUT2D eigenvalue weighted by molar-refractivity contribution is 5.94. The van der Waals surface area contributed by atoms with Crippen molar-refractivity contribution < 1.29 is 9.18 Å². The Bertz CT molecular complexity index is 390. The van der Waals surface area contributed by atoms with Crippen molar-refractivity contribution in [2.45, 2.75) is 19.9 Å². The molecule has 1 aromatic rings. The molecule has 0 saturated heterocycles. The van der Waals surface area contributed by atoms with Crippen LogP contribution in [-0.2, 0) is 0 Å². The number of hydrogen-bond donors (Lipinski definition) is 0. The third-order valence-corrected chi connectivity index (χ3v) is 2.21. The molecule has 0 aliphatic rings. The Morgan fingerprint density at radius 2 is 2.38 bits per heavy atom. The number of rotatable bonds is 4. The summed E-state index contributed by atoms with van der Waals surface area (Å²) >= 11 is 0. The van der Waals surface area contributed by atoms with E-state index in [1.165, 1.54) is 12.3 Å². The summed E-state index contributed by atoms with van der Waals surface area (Å²) in [5, 5.41) is 0. The SMILES string of the molecule is C=CCN(C(=O)c1ccncc1F)C(C)C. The van der Waals surface area contributed by atoms with E-state index >= 15 is 0 Å². The first kappa shape index (κ1) is 12.4. The number of carbonyl (C=O) groups is 1. The van der Waals surface area contributed by atoms with E-state index in [0.717, 1.165) is 6.20 Å². The zero-order valence-corrected chi connectivity index (χ0v) is 9.48. The van der Waals surface area contributed by atoms with Crippen LogP contribution in [0, 0.1) is 5.82 Å². The van der Waals surface area contributed by atoms with Crippen molar-refractivity contribution in [3.8, 4) is 0 Å². The maximum absolute atomic E-state index is 13.4. The van der Waals surface area contributed by atoms with Gasteiger partial charge >= 0.3 is 0 Å². The van der Waals surface area contributed by atoms with E-state index in [1.54, 1.807) is 11.0 Å². The van der Waals surface area contributed by atoms with Crippen molar-refractivity contribution in [2.24, 2.45) is 0 Å². The molecule has 0 aliphatic heterocycles. The minimum Gasteiger partial charge on any atom is -0.332 e. The van der Waals surface area contributed by atoms with E-state index in [2.05, 4.69) is 11.6 Å². The molecular formula is C12H15FN2O. The van der Waals surface area contributed by atoms with Crippen molar-refractivity contribution in [2.75, 3.05) is 6.54 Å². The largest absolute Gasteiger partial charge is 0.332 e. The van der Waals surface area contributed by atoms with Gasteiger partial charge in [-0.15, -0.1) is 6.58 Å². The lowest BCUT2D eigenvalue weighted by atomic mass is 10.2. The zero-order chi connectivity index (χ0) is 12.1. The molecule has 1 aromatic heterocycles. The van der Waals surface area contributed by atoms with Gasteiger partial charge in [-0.1, -0.05) is 6.08 Å². The first-order chi connectivity index (χ1) is 7.57. The highest BCUT2D eigenvalue weighted by atomic mass is 19.1. The summed E-state index contributed by atoms with van der Waals surface area (Å²) < 4.78 is 13.4. The van der Waals surface area contributed by atoms with Crippen molar-refractivity contribution in [3.05, 3.63) is 42.5 Å². The normalized spacial score (nSPS) is 10.2. The van der Waals surface area contributed by atoms with Gasteiger partial charge in [0.25, 0.3) is 5.91 Å². The summed E-state index contributed by atoms with van der Waals surface area (Å²) in [5.41, 5.74) is 0.0468. The molecule has 0 unspecified atom stereocenters. The molecule has 16 heavy (non-hydrogen) atoms. The van der Waals surface area contributed by atoms with E-state index in [1.807, 2.05) is 13.8 Å². The van der Waals surface area contributed by atoms with Gasteiger partial charge in [0, 0.05) is 18.8 Å². The molecule has 0 radical (unpaired) electrons. The summed E-state index contributed by atoms with van der Waals surface area (Å²) in [6, 6.07) is 1.38. The lowest BCUT2D eigenvalue weighted by molar-refractivity contribution is 0.0724. The van der Waals surface area contributed by atoms with Crippen LogP contribution in [-0.4, -0.2) is 28.4 Å². The van der Waals surface area contributed by atoms with Gasteiger partial charge < -0.3 is 4.90 Å². The van der Waals surface area contributed by atoms with Crippen LogP contribution in [0.1, 0.15) is 24.2 Å². The number of aromatic nitrogens is 1. The van der Waals surface area contributed by atoms with Gasteiger partial charge in [-0.25, -0.2) is 4.39 Å². The van der Waals surface area contributed by atoms with Crippen molar-refractivity contribution in [1.29, 1.82) is 0 Å². The Morgan fingerprint density at radius 3 is 2.88 bits per heavy atom. The Hall–Kier alpha value is -1.71. The smallest absolute Gasteiger partial charge is 0.257 e. The molecule has 0 aromatic carbocycles. The molecule has 4 heteroatoms. The molecule has 1 heterocycles. The first-order valence-electron chi connectivity index (χ1n) is 5.09. The highest BCUT2D eigenvalue weighted by Gasteiger charge is 2.20. The van der Waals surface area contributed by atoms with E-state index < -0.39 is 5.82 Å². The van der Waals surface area contributed by atoms with Gasteiger partial charge in [-0.2, -0.15) is 0 Å². The van der Waals surface area contributed by atoms with Crippen LogP contribution in [0.25, 0.3) is 0 Å². The van der Waals surface area contributed by atoms with Gasteiger partial charge in [0.2, 0.25) is 0 Å². The molecule has 0 bridgehead atoms. The highest BCUT2D eigenvalue weighted by Crippen LogP contribution is 2.11. The quantitative estimate of drug-likeness (QED) is 0.732. The predicted molar refractivity (Wildman–Crippen MR) is 60.6 cm³/mol. The van der Waals surface area contributed by atoms with Gasteiger partial charge in [0.05, 0.1) is 11.8 Å². The van der Waals surface area contributed by atoms with Crippen LogP contribution in [0.5, 0.6) is 0 Å². The molecule has 0 fully saturated rings. The first-order valence-corrected chi connectivity index (χ1v) is 5.09. The maximum Gasteiger partial charge on any atom is 0.257 e. The second kappa shape index (κ2) is 5.39. The standard InChI is InChI=1S/C12H15FN2O/c1-4-7-15(9(2)3)12(16)10-5-6-14-8-11(10)13/h4-6,8-9H,1,7H2,2-3H3. The van der Waals surface area contributed by atoms with E-state index in [0.29, 0.717) is 6.54 Å². The zero-order valence-electron chi connectivity index (χ0n) is 9.48. The van der Waals surface area contributed by atoms with Gasteiger partial charge in [-0.3, -0.25) is 9.78 Å². The Balaban J connectivity index is 2.99. The lowest BCUT2D eigenvalue weighted by Crippen LogP contribution is -2.37. The topological polar surface area (TPSA) is 33.2 Å². The van der Waals surface area contributed by atoms with Crippen LogP contribution in [0.3, 0.4) is 0 Å². The molecule has 0 N–H and O–H groups in total. The second-order valence-corrected chi connectivity index (χ2v) is 3.70. The van der Waals surface area contributed by atoms with Crippen molar-refractivity contribution in [1.82, 2.24) is 9.88 Å². The van der Waals surface area contributed by atoms with Crippen molar-refractivity contribution >= 4 is 5.91 Å². The van der Waals surface area contributed by atoms with Crippen LogP contribution < -0.4 is 0 Å². The summed E-state index contributed by atoms with van der Waals surface area (Å²) in [6.45, 7) is 7.73. The van der Waals surface area contributed by atoms with Crippen LogP contribution in [0.2, 0.25) is 0 Å². The number of hydrogen-bond acceptors (Lipinski definition) is 2. The lowest BCUT2D eigenvalue weighted by Gasteiger charge is -2.25. The molecular weight excluding hydrogens is 207 g/mol. The Kier molecular flexibility index (Phi) is 4.17. The summed E-state index contributed by atoms with van der Waals surface area (Å²) in [4.78, 5) is 17.2.